The van der Waals surface area contributed by atoms with Crippen LogP contribution in [0.4, 0.5) is 5.69 Å². The number of anilines is 1. The highest BCUT2D eigenvalue weighted by Gasteiger charge is 2.22. The average molecular weight is 430 g/mol. The van der Waals surface area contributed by atoms with Gasteiger partial charge in [-0.3, -0.25) is 4.79 Å². The Morgan fingerprint density at radius 3 is 2.03 bits per heavy atom. The van der Waals surface area contributed by atoms with Crippen molar-refractivity contribution in [1.82, 2.24) is 0 Å². The van der Waals surface area contributed by atoms with Crippen molar-refractivity contribution in [3.05, 3.63) is 65.2 Å². The van der Waals surface area contributed by atoms with Crippen molar-refractivity contribution in [1.29, 1.82) is 0 Å². The second-order valence-corrected chi connectivity index (χ2v) is 11.0. The number of nitrogens with zero attached hydrogens (tertiary/aromatic N) is 1. The van der Waals surface area contributed by atoms with Crippen molar-refractivity contribution in [2.75, 3.05) is 18.0 Å². The Labute approximate surface area is 180 Å². The molecule has 1 fully saturated rings. The van der Waals surface area contributed by atoms with Gasteiger partial charge in [-0.2, -0.15) is 0 Å². The van der Waals surface area contributed by atoms with Crippen molar-refractivity contribution in [2.24, 2.45) is 0 Å². The Hall–Kier alpha value is -2.18. The highest BCUT2D eigenvalue weighted by atomic mass is 32.2. The minimum atomic E-state index is -3.15. The summed E-state index contributed by atoms with van der Waals surface area (Å²) in [4.78, 5) is 15.0. The molecule has 6 heteroatoms. The SMILES string of the molecule is CC(C)S(=O)(=O)Cc1ccc(C(=O)Cc2ccc(N3C[C@@H](C)O[C@H](C)C3)cc2)cc1. The molecule has 1 saturated heterocycles. The van der Waals surface area contributed by atoms with Crippen LogP contribution >= 0.6 is 0 Å². The lowest BCUT2D eigenvalue weighted by molar-refractivity contribution is -0.00521. The number of hydrogen-bond donors (Lipinski definition) is 0. The van der Waals surface area contributed by atoms with Gasteiger partial charge < -0.3 is 9.64 Å². The number of carbonyl (C=O) groups is 1. The van der Waals surface area contributed by atoms with E-state index >= 15 is 0 Å². The molecule has 0 N–H and O–H groups in total. The summed E-state index contributed by atoms with van der Waals surface area (Å²) in [7, 11) is -3.15. The van der Waals surface area contributed by atoms with E-state index in [4.69, 9.17) is 4.74 Å². The zero-order chi connectivity index (χ0) is 21.9. The van der Waals surface area contributed by atoms with Gasteiger partial charge in [0.2, 0.25) is 0 Å². The lowest BCUT2D eigenvalue weighted by atomic mass is 10.0. The molecule has 5 nitrogen and oxygen atoms in total. The zero-order valence-corrected chi connectivity index (χ0v) is 19.0. The Morgan fingerprint density at radius 2 is 1.50 bits per heavy atom. The molecule has 0 aromatic heterocycles. The van der Waals surface area contributed by atoms with E-state index in [2.05, 4.69) is 30.9 Å². The number of ether oxygens (including phenoxy) is 1. The molecule has 30 heavy (non-hydrogen) atoms. The Kier molecular flexibility index (Phi) is 6.98. The van der Waals surface area contributed by atoms with Gasteiger partial charge in [-0.1, -0.05) is 36.4 Å². The Bertz CT molecular complexity index is 955. The summed E-state index contributed by atoms with van der Waals surface area (Å²) in [6, 6.07) is 15.0. The topological polar surface area (TPSA) is 63.7 Å². The lowest BCUT2D eigenvalue weighted by Crippen LogP contribution is -2.45. The molecule has 1 aliphatic heterocycles. The van der Waals surface area contributed by atoms with E-state index in [-0.39, 0.29) is 23.7 Å². The van der Waals surface area contributed by atoms with E-state index in [0.717, 1.165) is 24.3 Å². The van der Waals surface area contributed by atoms with Crippen LogP contribution < -0.4 is 4.90 Å². The normalized spacial score (nSPS) is 19.8. The number of morpholine rings is 1. The van der Waals surface area contributed by atoms with Gasteiger partial charge in [-0.15, -0.1) is 0 Å². The average Bonchev–Trinajstić information content (AvgIpc) is 2.68. The molecule has 3 rings (SSSR count). The molecule has 0 spiro atoms. The summed E-state index contributed by atoms with van der Waals surface area (Å²) in [6.45, 7) is 9.25. The van der Waals surface area contributed by atoms with Gasteiger partial charge in [-0.05, 0) is 51.0 Å². The second kappa shape index (κ2) is 9.31. The van der Waals surface area contributed by atoms with Crippen molar-refractivity contribution in [3.8, 4) is 0 Å². The van der Waals surface area contributed by atoms with E-state index in [1.54, 1.807) is 38.1 Å². The lowest BCUT2D eigenvalue weighted by Gasteiger charge is -2.36. The van der Waals surface area contributed by atoms with Crippen LogP contribution in [0.2, 0.25) is 0 Å². The molecular weight excluding hydrogens is 398 g/mol. The van der Waals surface area contributed by atoms with Gasteiger partial charge in [0.15, 0.2) is 15.6 Å². The van der Waals surface area contributed by atoms with Crippen molar-refractivity contribution < 1.29 is 17.9 Å². The fourth-order valence-corrected chi connectivity index (χ4v) is 4.68. The largest absolute Gasteiger partial charge is 0.372 e. The van der Waals surface area contributed by atoms with E-state index < -0.39 is 15.1 Å². The number of carbonyl (C=O) groups excluding carboxylic acids is 1. The third kappa shape index (κ3) is 5.70. The maximum absolute atomic E-state index is 12.6. The summed E-state index contributed by atoms with van der Waals surface area (Å²) in [5.41, 5.74) is 3.41. The molecule has 1 aliphatic rings. The maximum atomic E-state index is 12.6. The summed E-state index contributed by atoms with van der Waals surface area (Å²) in [5, 5.41) is -0.411. The first kappa shape index (κ1) is 22.5. The number of hydrogen-bond acceptors (Lipinski definition) is 5. The van der Waals surface area contributed by atoms with Crippen molar-refractivity contribution >= 4 is 21.3 Å². The van der Waals surface area contributed by atoms with Crippen LogP contribution in [0.5, 0.6) is 0 Å². The summed E-state index contributed by atoms with van der Waals surface area (Å²) >= 11 is 0. The molecule has 0 radical (unpaired) electrons. The first-order chi connectivity index (χ1) is 14.1. The number of ketones is 1. The van der Waals surface area contributed by atoms with Gasteiger partial charge in [0.05, 0.1) is 23.2 Å². The van der Waals surface area contributed by atoms with Crippen molar-refractivity contribution in [3.63, 3.8) is 0 Å². The molecule has 162 valence electrons. The molecule has 2 aromatic carbocycles. The summed E-state index contributed by atoms with van der Waals surface area (Å²) in [5.74, 6) is 0.0222. The van der Waals surface area contributed by atoms with E-state index in [1.807, 2.05) is 12.1 Å². The van der Waals surface area contributed by atoms with Crippen LogP contribution in [-0.2, 0) is 26.7 Å². The monoisotopic (exact) mass is 429 g/mol. The molecule has 2 aromatic rings. The number of sulfone groups is 1. The molecule has 0 unspecified atom stereocenters. The number of Topliss-reactive ketones (excluding diaryl/α,β-unsaturated/α-hetero) is 1. The third-order valence-electron chi connectivity index (χ3n) is 5.45. The van der Waals surface area contributed by atoms with Crippen molar-refractivity contribution in [2.45, 2.75) is 57.3 Å². The molecule has 1 heterocycles. The van der Waals surface area contributed by atoms with E-state index in [0.29, 0.717) is 17.5 Å². The molecule has 0 aliphatic carbocycles. The molecular formula is C24H31NO4S. The third-order valence-corrected chi connectivity index (χ3v) is 7.62. The predicted molar refractivity (Wildman–Crippen MR) is 121 cm³/mol. The fourth-order valence-electron chi connectivity index (χ4n) is 3.69. The molecule has 2 atom stereocenters. The predicted octanol–water partition coefficient (Wildman–Crippen LogP) is 4.05. The van der Waals surface area contributed by atoms with Crippen LogP contribution in [0.15, 0.2) is 48.5 Å². The van der Waals surface area contributed by atoms with Crippen LogP contribution in [0, 0.1) is 0 Å². The van der Waals surface area contributed by atoms with E-state index in [1.165, 1.54) is 0 Å². The van der Waals surface area contributed by atoms with Crippen LogP contribution in [-0.4, -0.2) is 44.7 Å². The van der Waals surface area contributed by atoms with Gasteiger partial charge >= 0.3 is 0 Å². The Balaban J connectivity index is 1.62. The van der Waals surface area contributed by atoms with Gasteiger partial charge in [-0.25, -0.2) is 8.42 Å². The second-order valence-electron chi connectivity index (χ2n) is 8.48. The zero-order valence-electron chi connectivity index (χ0n) is 18.2. The molecule has 0 saturated carbocycles. The van der Waals surface area contributed by atoms with Crippen LogP contribution in [0.25, 0.3) is 0 Å². The van der Waals surface area contributed by atoms with Crippen LogP contribution in [0.3, 0.4) is 0 Å². The number of benzene rings is 2. The molecule has 0 amide bonds. The van der Waals surface area contributed by atoms with E-state index in [9.17, 15) is 13.2 Å². The quantitative estimate of drug-likeness (QED) is 0.622. The highest BCUT2D eigenvalue weighted by Crippen LogP contribution is 2.21. The number of rotatable bonds is 7. The fraction of sp³-hybridized carbons (Fsp3) is 0.458. The smallest absolute Gasteiger partial charge is 0.167 e. The maximum Gasteiger partial charge on any atom is 0.167 e. The standard InChI is InChI=1S/C24H31NO4S/c1-17(2)30(27,28)16-21-5-9-22(10-6-21)24(26)13-20-7-11-23(12-8-20)25-14-18(3)29-19(4)15-25/h5-12,17-19H,13-16H2,1-4H3/t18-,19-/m1/s1. The summed E-state index contributed by atoms with van der Waals surface area (Å²) < 4.78 is 29.9. The first-order valence-corrected chi connectivity index (χ1v) is 12.2. The minimum Gasteiger partial charge on any atom is -0.372 e. The van der Waals surface area contributed by atoms with Gasteiger partial charge in [0.1, 0.15) is 0 Å². The van der Waals surface area contributed by atoms with Gasteiger partial charge in [0, 0.05) is 30.8 Å². The molecule has 0 bridgehead atoms. The Morgan fingerprint density at radius 1 is 0.967 bits per heavy atom. The van der Waals surface area contributed by atoms with Gasteiger partial charge in [0.25, 0.3) is 0 Å². The van der Waals surface area contributed by atoms with Crippen LogP contribution in [0.1, 0.15) is 49.2 Å². The summed E-state index contributed by atoms with van der Waals surface area (Å²) in [6.07, 6.45) is 0.724. The first-order valence-electron chi connectivity index (χ1n) is 10.5. The minimum absolute atomic E-state index is 0.000621. The highest BCUT2D eigenvalue weighted by molar-refractivity contribution is 7.91.